The molecular weight excluding hydrogens is 186 g/mol. The van der Waals surface area contributed by atoms with Gasteiger partial charge in [-0.3, -0.25) is 0 Å². The van der Waals surface area contributed by atoms with Crippen LogP contribution in [0.2, 0.25) is 0 Å². The lowest BCUT2D eigenvalue weighted by atomic mass is 10.4. The second-order valence-electron chi connectivity index (χ2n) is 1.57. The minimum Gasteiger partial charge on any atom is -0.198 e. The molecule has 1 aromatic rings. The smallest absolute Gasteiger partial charge is 0.0514 e. The molecule has 0 aliphatic heterocycles. The maximum Gasteiger partial charge on any atom is 0.0514 e. The van der Waals surface area contributed by atoms with Crippen LogP contribution >= 0.6 is 27.5 Å². The first-order valence-corrected chi connectivity index (χ1v) is 4.20. The van der Waals surface area contributed by atoms with E-state index in [9.17, 15) is 0 Å². The normalized spacial score (nSPS) is 9.75. The summed E-state index contributed by atoms with van der Waals surface area (Å²) in [6.07, 6.45) is 0. The van der Waals surface area contributed by atoms with Crippen molar-refractivity contribution in [2.45, 2.75) is 12.3 Å². The van der Waals surface area contributed by atoms with Crippen LogP contribution in [-0.4, -0.2) is 4.37 Å². The van der Waals surface area contributed by atoms with Crippen LogP contribution in [0.15, 0.2) is 6.07 Å². The third-order valence-corrected chi connectivity index (χ3v) is 2.66. The SMILES string of the molecule is Cc1cc(CBr)sn1. The zero-order valence-electron chi connectivity index (χ0n) is 4.52. The minimum absolute atomic E-state index is 0.929. The van der Waals surface area contributed by atoms with Crippen LogP contribution in [-0.2, 0) is 5.33 Å². The first-order chi connectivity index (χ1) is 3.83. The molecule has 0 amide bonds. The molecule has 1 rings (SSSR count). The Morgan fingerprint density at radius 3 is 2.88 bits per heavy atom. The third kappa shape index (κ3) is 1.29. The van der Waals surface area contributed by atoms with E-state index < -0.39 is 0 Å². The molecule has 0 bridgehead atoms. The van der Waals surface area contributed by atoms with Crippen molar-refractivity contribution in [2.75, 3.05) is 0 Å². The maximum absolute atomic E-state index is 4.10. The highest BCUT2D eigenvalue weighted by Crippen LogP contribution is 2.11. The molecule has 0 unspecified atom stereocenters. The zero-order chi connectivity index (χ0) is 5.98. The first kappa shape index (κ1) is 6.23. The zero-order valence-corrected chi connectivity index (χ0v) is 6.92. The van der Waals surface area contributed by atoms with Crippen LogP contribution in [0.3, 0.4) is 0 Å². The van der Waals surface area contributed by atoms with Crippen molar-refractivity contribution in [1.82, 2.24) is 4.37 Å². The van der Waals surface area contributed by atoms with Gasteiger partial charge in [-0.2, -0.15) is 4.37 Å². The molecule has 0 aliphatic carbocycles. The number of nitrogens with zero attached hydrogens (tertiary/aromatic N) is 1. The quantitative estimate of drug-likeness (QED) is 0.622. The fourth-order valence-electron chi connectivity index (χ4n) is 0.479. The molecule has 0 fully saturated rings. The molecule has 0 spiro atoms. The largest absolute Gasteiger partial charge is 0.198 e. The number of rotatable bonds is 1. The Kier molecular flexibility index (Phi) is 2.02. The Labute approximate surface area is 61.0 Å². The van der Waals surface area contributed by atoms with E-state index in [0.717, 1.165) is 11.0 Å². The summed E-state index contributed by atoms with van der Waals surface area (Å²) < 4.78 is 4.10. The van der Waals surface area contributed by atoms with E-state index in [1.54, 1.807) is 11.5 Å². The molecule has 0 radical (unpaired) electrons. The van der Waals surface area contributed by atoms with E-state index in [-0.39, 0.29) is 0 Å². The summed E-state index contributed by atoms with van der Waals surface area (Å²) in [7, 11) is 0. The molecule has 1 heterocycles. The molecule has 1 nitrogen and oxygen atoms in total. The number of alkyl halides is 1. The molecule has 8 heavy (non-hydrogen) atoms. The summed E-state index contributed by atoms with van der Waals surface area (Å²) in [5, 5.41) is 0.929. The molecule has 3 heteroatoms. The van der Waals surface area contributed by atoms with Crippen LogP contribution in [0.1, 0.15) is 10.6 Å². The molecule has 0 saturated heterocycles. The van der Waals surface area contributed by atoms with Gasteiger partial charge in [-0.05, 0) is 24.5 Å². The van der Waals surface area contributed by atoms with Gasteiger partial charge in [0.25, 0.3) is 0 Å². The van der Waals surface area contributed by atoms with Crippen LogP contribution in [0.4, 0.5) is 0 Å². The van der Waals surface area contributed by atoms with Crippen molar-refractivity contribution in [2.24, 2.45) is 0 Å². The molecule has 0 saturated carbocycles. The van der Waals surface area contributed by atoms with Crippen LogP contribution in [0.25, 0.3) is 0 Å². The predicted octanol–water partition coefficient (Wildman–Crippen LogP) is 2.35. The Hall–Kier alpha value is 0.110. The van der Waals surface area contributed by atoms with E-state index in [4.69, 9.17) is 0 Å². The van der Waals surface area contributed by atoms with E-state index in [2.05, 4.69) is 26.4 Å². The van der Waals surface area contributed by atoms with Gasteiger partial charge in [-0.1, -0.05) is 15.9 Å². The topological polar surface area (TPSA) is 12.9 Å². The molecule has 44 valence electrons. The first-order valence-electron chi connectivity index (χ1n) is 2.31. The number of hydrogen-bond acceptors (Lipinski definition) is 2. The van der Waals surface area contributed by atoms with Crippen molar-refractivity contribution < 1.29 is 0 Å². The number of aromatic nitrogens is 1. The van der Waals surface area contributed by atoms with Gasteiger partial charge in [0, 0.05) is 10.2 Å². The molecule has 0 aliphatic rings. The molecule has 0 atom stereocenters. The average Bonchev–Trinajstić information content (AvgIpc) is 2.14. The third-order valence-electron chi connectivity index (χ3n) is 0.808. The lowest BCUT2D eigenvalue weighted by Gasteiger charge is -1.75. The van der Waals surface area contributed by atoms with Crippen molar-refractivity contribution >= 4 is 27.5 Å². The Bertz CT molecular complexity index is 173. The Balaban J connectivity index is 2.84. The molecular formula is C5H6BrNS. The minimum atomic E-state index is 0.929. The summed E-state index contributed by atoms with van der Waals surface area (Å²) in [6.45, 7) is 2.00. The van der Waals surface area contributed by atoms with E-state index in [0.29, 0.717) is 0 Å². The summed E-state index contributed by atoms with van der Waals surface area (Å²) in [4.78, 5) is 1.29. The highest BCUT2D eigenvalue weighted by atomic mass is 79.9. The monoisotopic (exact) mass is 191 g/mol. The lowest BCUT2D eigenvalue weighted by Crippen LogP contribution is -1.62. The predicted molar refractivity (Wildman–Crippen MR) is 39.5 cm³/mol. The van der Waals surface area contributed by atoms with Gasteiger partial charge in [-0.15, -0.1) is 0 Å². The van der Waals surface area contributed by atoms with E-state index in [1.165, 1.54) is 4.88 Å². The fourth-order valence-corrected chi connectivity index (χ4v) is 1.53. The summed E-state index contributed by atoms with van der Waals surface area (Å²) in [6, 6.07) is 2.08. The van der Waals surface area contributed by atoms with Gasteiger partial charge in [0.1, 0.15) is 0 Å². The van der Waals surface area contributed by atoms with Crippen LogP contribution < -0.4 is 0 Å². The number of hydrogen-bond donors (Lipinski definition) is 0. The number of aryl methyl sites for hydroxylation is 1. The lowest BCUT2D eigenvalue weighted by molar-refractivity contribution is 1.34. The fraction of sp³-hybridized carbons (Fsp3) is 0.400. The Morgan fingerprint density at radius 2 is 2.62 bits per heavy atom. The van der Waals surface area contributed by atoms with Gasteiger partial charge in [-0.25, -0.2) is 0 Å². The Morgan fingerprint density at radius 1 is 1.88 bits per heavy atom. The molecule has 0 N–H and O–H groups in total. The van der Waals surface area contributed by atoms with Gasteiger partial charge in [0.2, 0.25) is 0 Å². The second-order valence-corrected chi connectivity index (χ2v) is 3.02. The van der Waals surface area contributed by atoms with Crippen LogP contribution in [0.5, 0.6) is 0 Å². The van der Waals surface area contributed by atoms with Crippen molar-refractivity contribution in [3.63, 3.8) is 0 Å². The van der Waals surface area contributed by atoms with Crippen molar-refractivity contribution in [3.05, 3.63) is 16.6 Å². The van der Waals surface area contributed by atoms with Crippen molar-refractivity contribution in [1.29, 1.82) is 0 Å². The average molecular weight is 192 g/mol. The second kappa shape index (κ2) is 2.60. The highest BCUT2D eigenvalue weighted by molar-refractivity contribution is 9.08. The van der Waals surface area contributed by atoms with Crippen LogP contribution in [0, 0.1) is 6.92 Å². The van der Waals surface area contributed by atoms with E-state index >= 15 is 0 Å². The number of halogens is 1. The summed E-state index contributed by atoms with van der Waals surface area (Å²) in [5.41, 5.74) is 1.12. The summed E-state index contributed by atoms with van der Waals surface area (Å²) >= 11 is 4.89. The van der Waals surface area contributed by atoms with Gasteiger partial charge >= 0.3 is 0 Å². The van der Waals surface area contributed by atoms with Gasteiger partial charge in [0.05, 0.1) is 5.69 Å². The van der Waals surface area contributed by atoms with Gasteiger partial charge < -0.3 is 0 Å². The standard InChI is InChI=1S/C5H6BrNS/c1-4-2-5(3-6)8-7-4/h2H,3H2,1H3. The molecule has 0 aromatic carbocycles. The summed E-state index contributed by atoms with van der Waals surface area (Å²) in [5.74, 6) is 0. The maximum atomic E-state index is 4.10. The molecule has 1 aromatic heterocycles. The highest BCUT2D eigenvalue weighted by Gasteiger charge is 1.92. The van der Waals surface area contributed by atoms with E-state index in [1.807, 2.05) is 6.92 Å². The van der Waals surface area contributed by atoms with Gasteiger partial charge in [0.15, 0.2) is 0 Å². The van der Waals surface area contributed by atoms with Crippen molar-refractivity contribution in [3.8, 4) is 0 Å².